The van der Waals surface area contributed by atoms with Crippen LogP contribution in [0.15, 0.2) is 29.1 Å². The smallest absolute Gasteiger partial charge is 0.276 e. The molecule has 11 heteroatoms. The predicted octanol–water partition coefficient (Wildman–Crippen LogP) is 2.54. The second-order valence-electron chi connectivity index (χ2n) is 6.15. The Bertz CT molecular complexity index is 846. The van der Waals surface area contributed by atoms with Gasteiger partial charge < -0.3 is 15.0 Å². The normalized spacial score (nSPS) is 16.8. The van der Waals surface area contributed by atoms with E-state index in [4.69, 9.17) is 39.5 Å². The number of alkyl halides is 1. The number of likely N-dealkylation sites (N-methyl/N-ethyl adjacent to an activating group) is 1. The molecule has 2 N–H and O–H groups in total. The maximum atomic E-state index is 12.3. The Kier molecular flexibility index (Phi) is 8.01. The number of nitrogens with zero attached hydrogens (tertiary/aromatic N) is 2. The third kappa shape index (κ3) is 5.68. The van der Waals surface area contributed by atoms with Crippen LogP contribution in [0.5, 0.6) is 5.75 Å². The van der Waals surface area contributed by atoms with Crippen molar-refractivity contribution in [2.75, 3.05) is 13.2 Å². The number of carbonyl (C=O) groups is 3. The molecule has 0 saturated heterocycles. The third-order valence-corrected chi connectivity index (χ3v) is 5.15. The molecule has 0 radical (unpaired) electrons. The van der Waals surface area contributed by atoms with E-state index >= 15 is 0 Å². The van der Waals surface area contributed by atoms with Gasteiger partial charge >= 0.3 is 0 Å². The number of hydrazine groups is 1. The van der Waals surface area contributed by atoms with E-state index in [2.05, 4.69) is 10.7 Å². The van der Waals surface area contributed by atoms with Crippen LogP contribution in [0.25, 0.3) is 0 Å². The number of hydrogen-bond donors (Lipinski definition) is 2. The van der Waals surface area contributed by atoms with Crippen molar-refractivity contribution in [1.82, 2.24) is 20.7 Å². The first-order valence-electron chi connectivity index (χ1n) is 8.71. The van der Waals surface area contributed by atoms with Gasteiger partial charge in [-0.05, 0) is 32.0 Å². The molecule has 0 aromatic heterocycles. The monoisotopic (exact) mass is 462 g/mol. The molecular weight excluding hydrogens is 443 g/mol. The van der Waals surface area contributed by atoms with Crippen molar-refractivity contribution in [2.45, 2.75) is 32.8 Å². The molecule has 0 fully saturated rings. The number of hydrogen-bond acceptors (Lipinski definition) is 5. The van der Waals surface area contributed by atoms with Gasteiger partial charge in [0.15, 0.2) is 6.61 Å². The number of allylic oxidation sites excluding steroid dienone is 1. The second kappa shape index (κ2) is 10.0. The van der Waals surface area contributed by atoms with Crippen LogP contribution in [0, 0.1) is 0 Å². The van der Waals surface area contributed by atoms with E-state index in [9.17, 15) is 14.4 Å². The number of ether oxygens (including phenoxy) is 1. The summed E-state index contributed by atoms with van der Waals surface area (Å²) in [6.45, 7) is 5.07. The van der Waals surface area contributed by atoms with E-state index in [1.165, 1.54) is 11.8 Å². The highest BCUT2D eigenvalue weighted by molar-refractivity contribution is 6.35. The van der Waals surface area contributed by atoms with Crippen LogP contribution in [-0.4, -0.2) is 46.3 Å². The molecule has 1 aromatic carbocycles. The van der Waals surface area contributed by atoms with E-state index in [0.29, 0.717) is 28.6 Å². The number of halogens is 3. The van der Waals surface area contributed by atoms with Crippen molar-refractivity contribution in [3.05, 3.63) is 39.6 Å². The minimum Gasteiger partial charge on any atom is -0.483 e. The first kappa shape index (κ1) is 23.1. The lowest BCUT2D eigenvalue weighted by Gasteiger charge is -2.38. The molecule has 1 aliphatic rings. The first-order valence-corrected chi connectivity index (χ1v) is 9.91. The highest BCUT2D eigenvalue weighted by atomic mass is 35.5. The van der Waals surface area contributed by atoms with Crippen molar-refractivity contribution < 1.29 is 19.1 Å². The number of nitrogens with one attached hydrogen (secondary N) is 2. The van der Waals surface area contributed by atoms with Crippen LogP contribution in [0.3, 0.4) is 0 Å². The standard InChI is InChI=1S/C18H21Cl3N4O4/c1-4-24-10(2)16(20)25(17(21)18(24)28)23-15(27)9-29-14-6-5-13(19)7-12(14)8-22-11(3)26/h5-7,17H,4,8-9H2,1-3H3,(H,22,26)(H,23,27). The largest absolute Gasteiger partial charge is 0.483 e. The van der Waals surface area contributed by atoms with Crippen LogP contribution in [0.1, 0.15) is 26.3 Å². The molecule has 1 unspecified atom stereocenters. The summed E-state index contributed by atoms with van der Waals surface area (Å²) in [5.74, 6) is -0.799. The van der Waals surface area contributed by atoms with Crippen molar-refractivity contribution >= 4 is 52.5 Å². The minimum absolute atomic E-state index is 0.137. The number of rotatable bonds is 7. The summed E-state index contributed by atoms with van der Waals surface area (Å²) in [6, 6.07) is 4.83. The van der Waals surface area contributed by atoms with Gasteiger partial charge in [-0.2, -0.15) is 0 Å². The van der Waals surface area contributed by atoms with Gasteiger partial charge in [-0.15, -0.1) is 0 Å². The van der Waals surface area contributed by atoms with E-state index < -0.39 is 17.3 Å². The van der Waals surface area contributed by atoms with Gasteiger partial charge in [-0.1, -0.05) is 34.8 Å². The van der Waals surface area contributed by atoms with Gasteiger partial charge in [0.05, 0.1) is 5.70 Å². The summed E-state index contributed by atoms with van der Waals surface area (Å²) < 4.78 is 5.55. The maximum Gasteiger partial charge on any atom is 0.276 e. The Balaban J connectivity index is 2.06. The second-order valence-corrected chi connectivity index (χ2v) is 7.36. The van der Waals surface area contributed by atoms with Crippen LogP contribution >= 0.6 is 34.8 Å². The van der Waals surface area contributed by atoms with E-state index in [0.717, 1.165) is 5.01 Å². The van der Waals surface area contributed by atoms with E-state index in [-0.39, 0.29) is 24.2 Å². The summed E-state index contributed by atoms with van der Waals surface area (Å²) in [6.07, 6.45) is 0. The molecule has 1 atom stereocenters. The third-order valence-electron chi connectivity index (χ3n) is 4.08. The van der Waals surface area contributed by atoms with Crippen LogP contribution in [0.4, 0.5) is 0 Å². The summed E-state index contributed by atoms with van der Waals surface area (Å²) in [4.78, 5) is 37.2. The Morgan fingerprint density at radius 3 is 2.59 bits per heavy atom. The quantitative estimate of drug-likeness (QED) is 0.479. The van der Waals surface area contributed by atoms with Gasteiger partial charge in [0.2, 0.25) is 11.4 Å². The fourth-order valence-electron chi connectivity index (χ4n) is 2.64. The van der Waals surface area contributed by atoms with Gasteiger partial charge in [0.25, 0.3) is 11.8 Å². The molecule has 1 aliphatic heterocycles. The molecule has 29 heavy (non-hydrogen) atoms. The molecule has 158 valence electrons. The molecule has 0 saturated carbocycles. The fraction of sp³-hybridized carbons (Fsp3) is 0.389. The predicted molar refractivity (Wildman–Crippen MR) is 110 cm³/mol. The van der Waals surface area contributed by atoms with E-state index in [1.807, 2.05) is 0 Å². The maximum absolute atomic E-state index is 12.3. The van der Waals surface area contributed by atoms with Crippen LogP contribution in [-0.2, 0) is 20.9 Å². The molecule has 0 bridgehead atoms. The molecule has 1 aromatic rings. The molecule has 0 spiro atoms. The zero-order chi connectivity index (χ0) is 21.7. The Labute approximate surface area is 183 Å². The number of benzene rings is 1. The Morgan fingerprint density at radius 1 is 1.28 bits per heavy atom. The molecular formula is C18H21Cl3N4O4. The van der Waals surface area contributed by atoms with Crippen molar-refractivity contribution in [2.24, 2.45) is 0 Å². The SMILES string of the molecule is CCN1C(=O)C(Cl)N(NC(=O)COc2ccc(Cl)cc2CNC(C)=O)C(Cl)=C1C. The van der Waals surface area contributed by atoms with Crippen molar-refractivity contribution in [3.63, 3.8) is 0 Å². The average Bonchev–Trinajstić information content (AvgIpc) is 2.67. The lowest BCUT2D eigenvalue weighted by molar-refractivity contribution is -0.136. The summed E-state index contributed by atoms with van der Waals surface area (Å²) in [5, 5.41) is 4.34. The zero-order valence-corrected chi connectivity index (χ0v) is 18.4. The lowest BCUT2D eigenvalue weighted by Crippen LogP contribution is -2.56. The summed E-state index contributed by atoms with van der Waals surface area (Å²) >= 11 is 18.4. The molecule has 3 amide bonds. The Hall–Kier alpha value is -2.16. The van der Waals surface area contributed by atoms with Crippen molar-refractivity contribution in [1.29, 1.82) is 0 Å². The highest BCUT2D eigenvalue weighted by Crippen LogP contribution is 2.28. The highest BCUT2D eigenvalue weighted by Gasteiger charge is 2.37. The van der Waals surface area contributed by atoms with Gasteiger partial charge in [0, 0.05) is 30.6 Å². The summed E-state index contributed by atoms with van der Waals surface area (Å²) in [7, 11) is 0. The lowest BCUT2D eigenvalue weighted by atomic mass is 10.2. The van der Waals surface area contributed by atoms with Crippen LogP contribution in [0.2, 0.25) is 5.02 Å². The summed E-state index contributed by atoms with van der Waals surface area (Å²) in [5.41, 5.74) is 2.39. The minimum atomic E-state index is -1.18. The van der Waals surface area contributed by atoms with Crippen molar-refractivity contribution in [3.8, 4) is 5.75 Å². The van der Waals surface area contributed by atoms with Gasteiger partial charge in [-0.25, -0.2) is 5.01 Å². The van der Waals surface area contributed by atoms with Gasteiger partial charge in [0.1, 0.15) is 10.9 Å². The molecule has 0 aliphatic carbocycles. The van der Waals surface area contributed by atoms with E-state index in [1.54, 1.807) is 32.0 Å². The average molecular weight is 464 g/mol. The zero-order valence-electron chi connectivity index (χ0n) is 16.1. The van der Waals surface area contributed by atoms with Gasteiger partial charge in [-0.3, -0.25) is 19.8 Å². The number of carbonyl (C=O) groups excluding carboxylic acids is 3. The first-order chi connectivity index (χ1) is 13.6. The Morgan fingerprint density at radius 2 is 1.97 bits per heavy atom. The fourth-order valence-corrected chi connectivity index (χ4v) is 3.40. The molecule has 1 heterocycles. The molecule has 2 rings (SSSR count). The van der Waals surface area contributed by atoms with Crippen LogP contribution < -0.4 is 15.5 Å². The topological polar surface area (TPSA) is 91.0 Å². The molecule has 8 nitrogen and oxygen atoms in total. The number of amides is 3.